The second-order valence-electron chi connectivity index (χ2n) is 4.69. The molecule has 0 fully saturated rings. The first-order valence-electron chi connectivity index (χ1n) is 6.88. The summed E-state index contributed by atoms with van der Waals surface area (Å²) in [5, 5.41) is 2.62. The third kappa shape index (κ3) is 3.50. The minimum absolute atomic E-state index is 0.0164. The maximum atomic E-state index is 12.4. The topological polar surface area (TPSA) is 56.8 Å². The third-order valence-corrected chi connectivity index (χ3v) is 3.15. The molecular weight excluding hydrogens is 308 g/mol. The summed E-state index contributed by atoms with van der Waals surface area (Å²) >= 11 is 0. The van der Waals surface area contributed by atoms with Crippen LogP contribution in [0, 0.1) is 0 Å². The molecule has 1 aliphatic heterocycles. The zero-order chi connectivity index (χ0) is 16.2. The fourth-order valence-corrected chi connectivity index (χ4v) is 2.17. The lowest BCUT2D eigenvalue weighted by Gasteiger charge is -2.19. The van der Waals surface area contributed by atoms with Crippen molar-refractivity contribution in [1.29, 1.82) is 0 Å². The molecule has 0 aliphatic carbocycles. The maximum Gasteiger partial charge on any atom is 0.387 e. The number of carbonyl (C=O) groups excluding carboxylic acids is 1. The molecule has 0 radical (unpaired) electrons. The van der Waals surface area contributed by atoms with E-state index in [4.69, 9.17) is 9.47 Å². The Hall–Kier alpha value is -2.83. The van der Waals surface area contributed by atoms with Crippen molar-refractivity contribution in [2.45, 2.75) is 6.61 Å². The zero-order valence-corrected chi connectivity index (χ0v) is 11.9. The SMILES string of the molecule is O=C(Nc1ccc2c(c1)OCCO2)c1ccccc1OC(F)F. The van der Waals surface area contributed by atoms with Crippen LogP contribution in [-0.4, -0.2) is 25.7 Å². The zero-order valence-electron chi connectivity index (χ0n) is 11.9. The Balaban J connectivity index is 1.79. The number of carbonyl (C=O) groups is 1. The summed E-state index contributed by atoms with van der Waals surface area (Å²) in [5.41, 5.74) is 0.480. The maximum absolute atomic E-state index is 12.4. The van der Waals surface area contributed by atoms with Gasteiger partial charge in [-0.25, -0.2) is 0 Å². The van der Waals surface area contributed by atoms with Crippen molar-refractivity contribution in [3.63, 3.8) is 0 Å². The Morgan fingerprint density at radius 2 is 1.83 bits per heavy atom. The summed E-state index contributed by atoms with van der Waals surface area (Å²) in [6.07, 6.45) is 0. The molecule has 5 nitrogen and oxygen atoms in total. The molecule has 120 valence electrons. The van der Waals surface area contributed by atoms with Crippen LogP contribution in [0.3, 0.4) is 0 Å². The van der Waals surface area contributed by atoms with Gasteiger partial charge < -0.3 is 19.5 Å². The van der Waals surface area contributed by atoms with Crippen molar-refractivity contribution in [3.05, 3.63) is 48.0 Å². The van der Waals surface area contributed by atoms with E-state index in [-0.39, 0.29) is 11.3 Å². The lowest BCUT2D eigenvalue weighted by molar-refractivity contribution is -0.0501. The van der Waals surface area contributed by atoms with Crippen molar-refractivity contribution in [3.8, 4) is 17.2 Å². The molecule has 1 heterocycles. The largest absolute Gasteiger partial charge is 0.486 e. The van der Waals surface area contributed by atoms with E-state index in [1.165, 1.54) is 18.2 Å². The van der Waals surface area contributed by atoms with Gasteiger partial charge in [0.1, 0.15) is 19.0 Å². The van der Waals surface area contributed by atoms with Crippen LogP contribution >= 0.6 is 0 Å². The van der Waals surface area contributed by atoms with E-state index in [9.17, 15) is 13.6 Å². The number of halogens is 2. The monoisotopic (exact) mass is 321 g/mol. The number of benzene rings is 2. The molecule has 3 rings (SSSR count). The lowest BCUT2D eigenvalue weighted by atomic mass is 10.1. The highest BCUT2D eigenvalue weighted by Crippen LogP contribution is 2.33. The Bertz CT molecular complexity index is 721. The first kappa shape index (κ1) is 15.1. The summed E-state index contributed by atoms with van der Waals surface area (Å²) in [5.74, 6) is 0.373. The number of anilines is 1. The van der Waals surface area contributed by atoms with E-state index in [0.717, 1.165) is 0 Å². The number of hydrogen-bond donors (Lipinski definition) is 1. The van der Waals surface area contributed by atoms with Gasteiger partial charge in [0.05, 0.1) is 5.56 Å². The number of hydrogen-bond acceptors (Lipinski definition) is 4. The lowest BCUT2D eigenvalue weighted by Crippen LogP contribution is -2.17. The Labute approximate surface area is 130 Å². The third-order valence-electron chi connectivity index (χ3n) is 3.15. The number of alkyl halides is 2. The first-order valence-corrected chi connectivity index (χ1v) is 6.88. The molecular formula is C16H13F2NO4. The van der Waals surface area contributed by atoms with Crippen LogP contribution in [0.5, 0.6) is 17.2 Å². The van der Waals surface area contributed by atoms with Gasteiger partial charge in [0, 0.05) is 11.8 Å². The fourth-order valence-electron chi connectivity index (χ4n) is 2.17. The number of nitrogens with one attached hydrogen (secondary N) is 1. The smallest absolute Gasteiger partial charge is 0.387 e. The fraction of sp³-hybridized carbons (Fsp3) is 0.188. The van der Waals surface area contributed by atoms with Crippen LogP contribution in [0.15, 0.2) is 42.5 Å². The molecule has 23 heavy (non-hydrogen) atoms. The second kappa shape index (κ2) is 6.51. The van der Waals surface area contributed by atoms with Gasteiger partial charge in [-0.3, -0.25) is 4.79 Å². The van der Waals surface area contributed by atoms with Gasteiger partial charge in [0.25, 0.3) is 5.91 Å². The summed E-state index contributed by atoms with van der Waals surface area (Å²) in [7, 11) is 0. The van der Waals surface area contributed by atoms with Crippen molar-refractivity contribution in [1.82, 2.24) is 0 Å². The number of para-hydroxylation sites is 1. The summed E-state index contributed by atoms with van der Waals surface area (Å²) < 4.78 is 40.0. The highest BCUT2D eigenvalue weighted by Gasteiger charge is 2.17. The van der Waals surface area contributed by atoms with E-state index in [1.54, 1.807) is 24.3 Å². The van der Waals surface area contributed by atoms with E-state index in [2.05, 4.69) is 10.1 Å². The second-order valence-corrected chi connectivity index (χ2v) is 4.69. The number of amides is 1. The van der Waals surface area contributed by atoms with Gasteiger partial charge in [-0.1, -0.05) is 12.1 Å². The molecule has 0 atom stereocenters. The molecule has 2 aromatic carbocycles. The Morgan fingerprint density at radius 3 is 2.61 bits per heavy atom. The van der Waals surface area contributed by atoms with Gasteiger partial charge in [-0.15, -0.1) is 0 Å². The molecule has 0 spiro atoms. The van der Waals surface area contributed by atoms with Crippen LogP contribution in [0.1, 0.15) is 10.4 Å². The highest BCUT2D eigenvalue weighted by molar-refractivity contribution is 6.06. The molecule has 1 N–H and O–H groups in total. The Morgan fingerprint density at radius 1 is 1.09 bits per heavy atom. The summed E-state index contributed by atoms with van der Waals surface area (Å²) in [4.78, 5) is 12.3. The standard InChI is InChI=1S/C16H13F2NO4/c17-16(18)23-12-4-2-1-3-11(12)15(20)19-10-5-6-13-14(9-10)22-8-7-21-13/h1-6,9,16H,7-8H2,(H,19,20). The van der Waals surface area contributed by atoms with Crippen molar-refractivity contribution >= 4 is 11.6 Å². The number of ether oxygens (including phenoxy) is 3. The predicted molar refractivity (Wildman–Crippen MR) is 78.5 cm³/mol. The molecule has 1 amide bonds. The first-order chi connectivity index (χ1) is 11.1. The van der Waals surface area contributed by atoms with Crippen LogP contribution in [0.2, 0.25) is 0 Å². The molecule has 0 aromatic heterocycles. The highest BCUT2D eigenvalue weighted by atomic mass is 19.3. The van der Waals surface area contributed by atoms with Crippen LogP contribution in [0.25, 0.3) is 0 Å². The van der Waals surface area contributed by atoms with Gasteiger partial charge in [0.15, 0.2) is 11.5 Å². The normalized spacial score (nSPS) is 12.8. The van der Waals surface area contributed by atoms with Gasteiger partial charge in [-0.05, 0) is 24.3 Å². The predicted octanol–water partition coefficient (Wildman–Crippen LogP) is 3.31. The van der Waals surface area contributed by atoms with Crippen molar-refractivity contribution in [2.24, 2.45) is 0 Å². The number of fused-ring (bicyclic) bond motifs is 1. The average Bonchev–Trinajstić information content (AvgIpc) is 2.54. The molecule has 0 saturated heterocycles. The van der Waals surface area contributed by atoms with Crippen molar-refractivity contribution in [2.75, 3.05) is 18.5 Å². The van der Waals surface area contributed by atoms with Crippen LogP contribution in [-0.2, 0) is 0 Å². The molecule has 1 aliphatic rings. The average molecular weight is 321 g/mol. The molecule has 2 aromatic rings. The molecule has 7 heteroatoms. The summed E-state index contributed by atoms with van der Waals surface area (Å²) in [6.45, 7) is -2.11. The van der Waals surface area contributed by atoms with Gasteiger partial charge >= 0.3 is 6.61 Å². The van der Waals surface area contributed by atoms with Gasteiger partial charge in [0.2, 0.25) is 0 Å². The van der Waals surface area contributed by atoms with Crippen molar-refractivity contribution < 1.29 is 27.8 Å². The number of rotatable bonds is 4. The summed E-state index contributed by atoms with van der Waals surface area (Å²) in [6, 6.07) is 10.7. The van der Waals surface area contributed by atoms with Gasteiger partial charge in [-0.2, -0.15) is 8.78 Å². The molecule has 0 unspecified atom stereocenters. The molecule has 0 saturated carbocycles. The van der Waals surface area contributed by atoms with E-state index in [1.807, 2.05) is 0 Å². The minimum Gasteiger partial charge on any atom is -0.486 e. The van der Waals surface area contributed by atoms with Crippen LogP contribution in [0.4, 0.5) is 14.5 Å². The molecule has 0 bridgehead atoms. The van der Waals surface area contributed by atoms with Crippen LogP contribution < -0.4 is 19.5 Å². The van der Waals surface area contributed by atoms with E-state index in [0.29, 0.717) is 30.4 Å². The van der Waals surface area contributed by atoms with E-state index >= 15 is 0 Å². The quantitative estimate of drug-likeness (QED) is 0.938. The Kier molecular flexibility index (Phi) is 4.27. The van der Waals surface area contributed by atoms with E-state index < -0.39 is 12.5 Å². The minimum atomic E-state index is -3.00.